The maximum Gasteiger partial charge on any atom is 0.364 e. The summed E-state index contributed by atoms with van der Waals surface area (Å²) < 4.78 is 4.91. The lowest BCUT2D eigenvalue weighted by Crippen LogP contribution is -2.68. The first kappa shape index (κ1) is 20.4. The van der Waals surface area contributed by atoms with Crippen LogP contribution < -0.4 is 0 Å². The number of ether oxygens (including phenoxy) is 1. The smallest absolute Gasteiger partial charge is 0.364 e. The van der Waals surface area contributed by atoms with Crippen LogP contribution in [0.4, 0.5) is 0 Å². The van der Waals surface area contributed by atoms with Gasteiger partial charge in [-0.05, 0) is 0 Å². The minimum absolute atomic E-state index is 0.532. The van der Waals surface area contributed by atoms with E-state index >= 15 is 0 Å². The monoisotopic (exact) mass is 351 g/mol. The fourth-order valence-corrected chi connectivity index (χ4v) is 2.66. The fraction of sp³-hybridized carbons (Fsp3) is 0.769. The molecule has 6 N–H and O–H groups in total. The van der Waals surface area contributed by atoms with Crippen molar-refractivity contribution in [1.29, 1.82) is 0 Å². The quantitative estimate of drug-likeness (QED) is 0.289. The lowest BCUT2D eigenvalue weighted by Gasteiger charge is -2.47. The molecule has 0 saturated carbocycles. The maximum absolute atomic E-state index is 11.7. The first-order valence-corrected chi connectivity index (χ1v) is 7.05. The molecule has 1 fully saturated rings. The van der Waals surface area contributed by atoms with Gasteiger partial charge in [0.2, 0.25) is 11.8 Å². The molecule has 1 aliphatic rings. The molecule has 0 aromatic carbocycles. The minimum Gasteiger partial charge on any atom is -0.477 e. The van der Waals surface area contributed by atoms with E-state index in [9.17, 15) is 34.8 Å². The molecule has 2 amide bonds. The number of aliphatic carboxylic acids is 1. The van der Waals surface area contributed by atoms with E-state index in [2.05, 4.69) is 0 Å². The Morgan fingerprint density at radius 1 is 1.25 bits per heavy atom. The van der Waals surface area contributed by atoms with Crippen LogP contribution in [0.25, 0.3) is 0 Å². The van der Waals surface area contributed by atoms with E-state index in [0.717, 1.165) is 13.8 Å². The number of carboxylic acid groups (broad SMARTS) is 1. The number of imide groups is 1. The highest BCUT2D eigenvalue weighted by atomic mass is 16.7. The van der Waals surface area contributed by atoms with Gasteiger partial charge in [0.25, 0.3) is 5.79 Å². The number of nitrogens with zero attached hydrogens (tertiary/aromatic N) is 1. The summed E-state index contributed by atoms with van der Waals surface area (Å²) in [6.07, 6.45) is -8.34. The Labute approximate surface area is 136 Å². The topological polar surface area (TPSA) is 185 Å². The SMILES string of the molecule is CC(=O)N(C(C)=O)[C@H]1[C@H]([C@H](O)[C@H](O)CO)O[C@](O)(C(=O)O)C[C@@H]1O. The van der Waals surface area contributed by atoms with Crippen LogP contribution in [0, 0.1) is 0 Å². The fourth-order valence-electron chi connectivity index (χ4n) is 2.66. The van der Waals surface area contributed by atoms with E-state index in [-0.39, 0.29) is 0 Å². The predicted octanol–water partition coefficient (Wildman–Crippen LogP) is -3.61. The van der Waals surface area contributed by atoms with Crippen LogP contribution in [-0.2, 0) is 19.1 Å². The molecule has 0 aromatic rings. The Morgan fingerprint density at radius 2 is 1.75 bits per heavy atom. The van der Waals surface area contributed by atoms with Crippen molar-refractivity contribution in [3.05, 3.63) is 0 Å². The van der Waals surface area contributed by atoms with Gasteiger partial charge in [0.15, 0.2) is 0 Å². The third-order valence-electron chi connectivity index (χ3n) is 3.78. The molecule has 1 heterocycles. The summed E-state index contributed by atoms with van der Waals surface area (Å²) in [5, 5.41) is 57.7. The molecule has 1 rings (SSSR count). The number of aliphatic hydroxyl groups is 5. The second kappa shape index (κ2) is 7.51. The van der Waals surface area contributed by atoms with Crippen LogP contribution in [-0.4, -0.2) is 96.2 Å². The van der Waals surface area contributed by atoms with Gasteiger partial charge in [-0.3, -0.25) is 14.5 Å². The molecule has 11 heteroatoms. The average molecular weight is 351 g/mol. The van der Waals surface area contributed by atoms with Crippen LogP contribution in [0.1, 0.15) is 20.3 Å². The van der Waals surface area contributed by atoms with Crippen LogP contribution in [0.5, 0.6) is 0 Å². The Bertz CT molecular complexity index is 497. The highest BCUT2D eigenvalue weighted by Crippen LogP contribution is 2.33. The van der Waals surface area contributed by atoms with Gasteiger partial charge >= 0.3 is 5.97 Å². The first-order valence-electron chi connectivity index (χ1n) is 7.05. The van der Waals surface area contributed by atoms with Gasteiger partial charge in [-0.2, -0.15) is 0 Å². The molecule has 0 radical (unpaired) electrons. The molecule has 0 unspecified atom stereocenters. The van der Waals surface area contributed by atoms with Gasteiger partial charge in [-0.1, -0.05) is 0 Å². The van der Waals surface area contributed by atoms with E-state index in [1.54, 1.807) is 0 Å². The van der Waals surface area contributed by atoms with E-state index in [1.807, 2.05) is 0 Å². The van der Waals surface area contributed by atoms with Gasteiger partial charge in [0.1, 0.15) is 18.3 Å². The number of carbonyl (C=O) groups excluding carboxylic acids is 2. The van der Waals surface area contributed by atoms with Crippen LogP contribution in [0.3, 0.4) is 0 Å². The van der Waals surface area contributed by atoms with Crippen molar-refractivity contribution in [3.8, 4) is 0 Å². The minimum atomic E-state index is -2.91. The Kier molecular flexibility index (Phi) is 6.38. The standard InChI is InChI=1S/C13H21NO10/c1-5(16)14(6(2)17)9-7(18)3-13(23,12(21)22)24-11(9)10(20)8(19)4-15/h7-11,15,18-20,23H,3-4H2,1-2H3,(H,21,22)/t7-,8+,9+,10+,11+,13-/m0/s1. The number of hydrogen-bond donors (Lipinski definition) is 6. The van der Waals surface area contributed by atoms with E-state index in [1.165, 1.54) is 0 Å². The average Bonchev–Trinajstić information content (AvgIpc) is 2.47. The third kappa shape index (κ3) is 3.88. The molecular formula is C13H21NO10. The van der Waals surface area contributed by atoms with Gasteiger partial charge in [-0.15, -0.1) is 0 Å². The number of aliphatic hydroxyl groups excluding tert-OH is 4. The number of amides is 2. The molecule has 24 heavy (non-hydrogen) atoms. The van der Waals surface area contributed by atoms with E-state index < -0.39 is 67.1 Å². The van der Waals surface area contributed by atoms with Gasteiger partial charge in [0.05, 0.1) is 18.8 Å². The molecule has 0 aromatic heterocycles. The Balaban J connectivity index is 3.34. The van der Waals surface area contributed by atoms with E-state index in [0.29, 0.717) is 4.90 Å². The molecular weight excluding hydrogens is 330 g/mol. The van der Waals surface area contributed by atoms with Crippen molar-refractivity contribution >= 4 is 17.8 Å². The first-order chi connectivity index (χ1) is 11.0. The third-order valence-corrected chi connectivity index (χ3v) is 3.78. The second-order valence-electron chi connectivity index (χ2n) is 5.58. The zero-order valence-corrected chi connectivity index (χ0v) is 13.1. The van der Waals surface area contributed by atoms with E-state index in [4.69, 9.17) is 14.9 Å². The number of hydrogen-bond acceptors (Lipinski definition) is 9. The van der Waals surface area contributed by atoms with Crippen molar-refractivity contribution in [3.63, 3.8) is 0 Å². The van der Waals surface area contributed by atoms with Crippen LogP contribution >= 0.6 is 0 Å². The number of carbonyl (C=O) groups is 3. The molecule has 0 aliphatic carbocycles. The molecule has 1 saturated heterocycles. The van der Waals surface area contributed by atoms with Crippen molar-refractivity contribution < 1.29 is 49.8 Å². The largest absolute Gasteiger partial charge is 0.477 e. The van der Waals surface area contributed by atoms with Crippen molar-refractivity contribution in [2.45, 2.75) is 56.5 Å². The number of carboxylic acids is 1. The maximum atomic E-state index is 11.7. The summed E-state index contributed by atoms with van der Waals surface area (Å²) in [4.78, 5) is 35.1. The summed E-state index contributed by atoms with van der Waals surface area (Å²) in [5.74, 6) is -6.43. The molecule has 11 nitrogen and oxygen atoms in total. The van der Waals surface area contributed by atoms with Gasteiger partial charge < -0.3 is 35.4 Å². The van der Waals surface area contributed by atoms with Gasteiger partial charge in [-0.25, -0.2) is 4.79 Å². The number of rotatable bonds is 5. The molecule has 1 aliphatic heterocycles. The molecule has 6 atom stereocenters. The normalized spacial score (nSPS) is 32.7. The van der Waals surface area contributed by atoms with Crippen molar-refractivity contribution in [2.24, 2.45) is 0 Å². The second-order valence-corrected chi connectivity index (χ2v) is 5.58. The summed E-state index contributed by atoms with van der Waals surface area (Å²) in [6.45, 7) is 1.05. The van der Waals surface area contributed by atoms with Crippen molar-refractivity contribution in [1.82, 2.24) is 4.90 Å². The molecule has 0 spiro atoms. The zero-order chi connectivity index (χ0) is 18.8. The summed E-state index contributed by atoms with van der Waals surface area (Å²) in [5.41, 5.74) is 0. The lowest BCUT2D eigenvalue weighted by molar-refractivity contribution is -0.302. The Morgan fingerprint density at radius 3 is 2.12 bits per heavy atom. The summed E-state index contributed by atoms with van der Waals surface area (Å²) in [7, 11) is 0. The molecule has 0 bridgehead atoms. The van der Waals surface area contributed by atoms with Crippen LogP contribution in [0.2, 0.25) is 0 Å². The summed E-state index contributed by atoms with van der Waals surface area (Å²) in [6, 6.07) is -1.57. The predicted molar refractivity (Wildman–Crippen MR) is 74.2 cm³/mol. The van der Waals surface area contributed by atoms with Gasteiger partial charge in [0, 0.05) is 20.3 Å². The van der Waals surface area contributed by atoms with Crippen LogP contribution in [0.15, 0.2) is 0 Å². The Hall–Kier alpha value is -1.63. The van der Waals surface area contributed by atoms with Crippen molar-refractivity contribution in [2.75, 3.05) is 6.61 Å². The highest BCUT2D eigenvalue weighted by molar-refractivity contribution is 5.93. The highest BCUT2D eigenvalue weighted by Gasteiger charge is 2.56. The molecule has 138 valence electrons. The zero-order valence-electron chi connectivity index (χ0n) is 13.1. The summed E-state index contributed by atoms with van der Waals surface area (Å²) >= 11 is 0. The lowest BCUT2D eigenvalue weighted by atomic mass is 9.87.